The lowest BCUT2D eigenvalue weighted by molar-refractivity contribution is -0.142. The predicted octanol–water partition coefficient (Wildman–Crippen LogP) is 4.16. The number of nitrogens with one attached hydrogen (secondary N) is 1. The number of ether oxygens (including phenoxy) is 2. The Morgan fingerprint density at radius 2 is 1.53 bits per heavy atom. The molecule has 0 heterocycles. The summed E-state index contributed by atoms with van der Waals surface area (Å²) in [6.07, 6.45) is 0.402. The zero-order chi connectivity index (χ0) is 24.3. The van der Waals surface area contributed by atoms with Gasteiger partial charge in [0.05, 0.1) is 7.11 Å². The fourth-order valence-electron chi connectivity index (χ4n) is 3.70. The molecule has 0 saturated heterocycles. The van der Waals surface area contributed by atoms with Crippen LogP contribution in [-0.4, -0.2) is 43.0 Å². The van der Waals surface area contributed by atoms with Gasteiger partial charge in [0, 0.05) is 19.5 Å². The summed E-state index contributed by atoms with van der Waals surface area (Å²) in [6.45, 7) is 4.45. The largest absolute Gasteiger partial charge is 0.493 e. The fraction of sp³-hybridized carbons (Fsp3) is 0.286. The molecule has 0 radical (unpaired) electrons. The van der Waals surface area contributed by atoms with E-state index >= 15 is 0 Å². The molecule has 3 rings (SSSR count). The Morgan fingerprint density at radius 1 is 0.882 bits per heavy atom. The summed E-state index contributed by atoms with van der Waals surface area (Å²) in [4.78, 5) is 28.3. The van der Waals surface area contributed by atoms with Crippen LogP contribution in [0.4, 0.5) is 0 Å². The predicted molar refractivity (Wildman–Crippen MR) is 133 cm³/mol. The second-order valence-corrected chi connectivity index (χ2v) is 8.05. The van der Waals surface area contributed by atoms with E-state index in [1.54, 1.807) is 24.1 Å². The number of aryl methyl sites for hydroxylation is 1. The molecular formula is C28H32N2O4. The van der Waals surface area contributed by atoms with Crippen molar-refractivity contribution < 1.29 is 19.1 Å². The van der Waals surface area contributed by atoms with Crippen LogP contribution in [0.1, 0.15) is 23.6 Å². The molecule has 0 fully saturated rings. The zero-order valence-electron chi connectivity index (χ0n) is 20.0. The molecule has 3 aromatic rings. The van der Waals surface area contributed by atoms with Crippen LogP contribution in [0.3, 0.4) is 0 Å². The Bertz CT molecular complexity index is 1070. The highest BCUT2D eigenvalue weighted by molar-refractivity contribution is 5.88. The quantitative estimate of drug-likeness (QED) is 0.467. The van der Waals surface area contributed by atoms with E-state index in [0.29, 0.717) is 31.0 Å². The van der Waals surface area contributed by atoms with E-state index in [2.05, 4.69) is 5.32 Å². The fourth-order valence-corrected chi connectivity index (χ4v) is 3.70. The number of para-hydroxylation sites is 2. The number of hydrogen-bond acceptors (Lipinski definition) is 4. The summed E-state index contributed by atoms with van der Waals surface area (Å²) in [6, 6.07) is 24.2. The van der Waals surface area contributed by atoms with E-state index in [0.717, 1.165) is 16.7 Å². The van der Waals surface area contributed by atoms with Gasteiger partial charge in [-0.05, 0) is 37.1 Å². The number of nitrogens with zero attached hydrogens (tertiary/aromatic N) is 1. The van der Waals surface area contributed by atoms with Crippen molar-refractivity contribution in [3.8, 4) is 11.5 Å². The third-order valence-electron chi connectivity index (χ3n) is 5.52. The highest BCUT2D eigenvalue weighted by Crippen LogP contribution is 2.26. The van der Waals surface area contributed by atoms with Gasteiger partial charge in [-0.3, -0.25) is 9.59 Å². The molecular weight excluding hydrogens is 428 g/mol. The molecule has 0 aliphatic heterocycles. The Balaban J connectivity index is 1.89. The Kier molecular flexibility index (Phi) is 9.09. The van der Waals surface area contributed by atoms with E-state index < -0.39 is 6.04 Å². The highest BCUT2D eigenvalue weighted by atomic mass is 16.5. The van der Waals surface area contributed by atoms with Gasteiger partial charge in [0.2, 0.25) is 5.91 Å². The minimum atomic E-state index is -0.683. The second-order valence-electron chi connectivity index (χ2n) is 8.05. The van der Waals surface area contributed by atoms with E-state index in [-0.39, 0.29) is 18.4 Å². The summed E-state index contributed by atoms with van der Waals surface area (Å²) < 4.78 is 11.1. The normalized spacial score (nSPS) is 11.4. The smallest absolute Gasteiger partial charge is 0.261 e. The number of carbonyl (C=O) groups is 2. The van der Waals surface area contributed by atoms with Gasteiger partial charge < -0.3 is 19.7 Å². The molecule has 0 aliphatic carbocycles. The van der Waals surface area contributed by atoms with Crippen LogP contribution in [0.25, 0.3) is 0 Å². The monoisotopic (exact) mass is 460 g/mol. The lowest BCUT2D eigenvalue weighted by atomic mass is 10.0. The summed E-state index contributed by atoms with van der Waals surface area (Å²) in [7, 11) is 1.55. The van der Waals surface area contributed by atoms with E-state index in [4.69, 9.17) is 9.47 Å². The first-order valence-electron chi connectivity index (χ1n) is 11.4. The van der Waals surface area contributed by atoms with Gasteiger partial charge in [-0.2, -0.15) is 0 Å². The van der Waals surface area contributed by atoms with E-state index in [1.807, 2.05) is 80.6 Å². The maximum atomic E-state index is 13.5. The molecule has 6 heteroatoms. The molecule has 0 unspecified atom stereocenters. The van der Waals surface area contributed by atoms with Crippen molar-refractivity contribution in [2.45, 2.75) is 32.9 Å². The van der Waals surface area contributed by atoms with Crippen molar-refractivity contribution in [1.29, 1.82) is 0 Å². The van der Waals surface area contributed by atoms with Crippen molar-refractivity contribution in [1.82, 2.24) is 10.2 Å². The summed E-state index contributed by atoms with van der Waals surface area (Å²) in [5.74, 6) is 0.555. The highest BCUT2D eigenvalue weighted by Gasteiger charge is 2.30. The van der Waals surface area contributed by atoms with E-state index in [9.17, 15) is 9.59 Å². The van der Waals surface area contributed by atoms with Crippen molar-refractivity contribution in [2.75, 3.05) is 20.3 Å². The molecule has 3 aromatic carbocycles. The Labute approximate surface area is 201 Å². The summed E-state index contributed by atoms with van der Waals surface area (Å²) in [5, 5.41) is 2.89. The number of hydrogen-bond donors (Lipinski definition) is 1. The van der Waals surface area contributed by atoms with Crippen LogP contribution in [-0.2, 0) is 22.6 Å². The molecule has 6 nitrogen and oxygen atoms in total. The SMILES string of the molecule is CCNC(=O)[C@@H](Cc1ccccc1)N(Cc1ccc(C)cc1)C(=O)COc1ccccc1OC. The number of carbonyl (C=O) groups excluding carboxylic acids is 2. The minimum absolute atomic E-state index is 0.191. The topological polar surface area (TPSA) is 67.9 Å². The van der Waals surface area contributed by atoms with Gasteiger partial charge >= 0.3 is 0 Å². The lowest BCUT2D eigenvalue weighted by Gasteiger charge is -2.31. The number of amides is 2. The molecule has 0 bridgehead atoms. The third kappa shape index (κ3) is 6.85. The molecule has 0 aliphatic rings. The second kappa shape index (κ2) is 12.4. The van der Waals surface area contributed by atoms with Crippen molar-refractivity contribution in [3.63, 3.8) is 0 Å². The molecule has 1 atom stereocenters. The first-order valence-corrected chi connectivity index (χ1v) is 11.4. The molecule has 34 heavy (non-hydrogen) atoms. The Morgan fingerprint density at radius 3 is 2.18 bits per heavy atom. The molecule has 1 N–H and O–H groups in total. The van der Waals surface area contributed by atoms with Crippen LogP contribution < -0.4 is 14.8 Å². The average molecular weight is 461 g/mol. The first kappa shape index (κ1) is 24.8. The van der Waals surface area contributed by atoms with Crippen LogP contribution in [0, 0.1) is 6.92 Å². The maximum Gasteiger partial charge on any atom is 0.261 e. The average Bonchev–Trinajstić information content (AvgIpc) is 2.86. The molecule has 178 valence electrons. The number of likely N-dealkylation sites (N-methyl/N-ethyl adjacent to an activating group) is 1. The molecule has 2 amide bonds. The van der Waals surface area contributed by atoms with Crippen molar-refractivity contribution in [3.05, 3.63) is 95.6 Å². The van der Waals surface area contributed by atoms with Crippen LogP contribution >= 0.6 is 0 Å². The van der Waals surface area contributed by atoms with Crippen molar-refractivity contribution in [2.24, 2.45) is 0 Å². The van der Waals surface area contributed by atoms with Crippen LogP contribution in [0.2, 0.25) is 0 Å². The molecule has 0 aromatic heterocycles. The van der Waals surface area contributed by atoms with Gasteiger partial charge in [-0.1, -0.05) is 72.3 Å². The summed E-state index contributed by atoms with van der Waals surface area (Å²) in [5.41, 5.74) is 3.05. The maximum absolute atomic E-state index is 13.5. The van der Waals surface area contributed by atoms with Gasteiger partial charge in [-0.25, -0.2) is 0 Å². The van der Waals surface area contributed by atoms with Gasteiger partial charge in [0.15, 0.2) is 18.1 Å². The van der Waals surface area contributed by atoms with Gasteiger partial charge in [0.1, 0.15) is 6.04 Å². The van der Waals surface area contributed by atoms with Gasteiger partial charge in [0.25, 0.3) is 5.91 Å². The Hall–Kier alpha value is -3.80. The molecule has 0 spiro atoms. The lowest BCUT2D eigenvalue weighted by Crippen LogP contribution is -2.51. The van der Waals surface area contributed by atoms with Crippen molar-refractivity contribution >= 4 is 11.8 Å². The number of methoxy groups -OCH3 is 1. The first-order chi connectivity index (χ1) is 16.5. The molecule has 0 saturated carbocycles. The summed E-state index contributed by atoms with van der Waals surface area (Å²) >= 11 is 0. The zero-order valence-corrected chi connectivity index (χ0v) is 20.0. The standard InChI is InChI=1S/C28H32N2O4/c1-4-29-28(32)24(18-22-10-6-5-7-11-22)30(19-23-16-14-21(2)15-17-23)27(31)20-34-26-13-9-8-12-25(26)33-3/h5-17,24H,4,18-20H2,1-3H3,(H,29,32)/t24-/m1/s1. The van der Waals surface area contributed by atoms with Crippen LogP contribution in [0.5, 0.6) is 11.5 Å². The number of rotatable bonds is 11. The van der Waals surface area contributed by atoms with Gasteiger partial charge in [-0.15, -0.1) is 0 Å². The minimum Gasteiger partial charge on any atom is -0.493 e. The van der Waals surface area contributed by atoms with Crippen LogP contribution in [0.15, 0.2) is 78.9 Å². The third-order valence-corrected chi connectivity index (χ3v) is 5.52. The number of benzene rings is 3. The van der Waals surface area contributed by atoms with E-state index in [1.165, 1.54) is 0 Å².